The number of esters is 1. The molecule has 0 unspecified atom stereocenters. The summed E-state index contributed by atoms with van der Waals surface area (Å²) in [6.45, 7) is 4.20. The van der Waals surface area contributed by atoms with Gasteiger partial charge in [-0.3, -0.25) is 4.98 Å². The first-order valence-electron chi connectivity index (χ1n) is 6.59. The molecule has 0 aliphatic heterocycles. The van der Waals surface area contributed by atoms with Gasteiger partial charge in [0.05, 0.1) is 7.11 Å². The highest BCUT2D eigenvalue weighted by Crippen LogP contribution is 2.09. The third-order valence-electron chi connectivity index (χ3n) is 3.13. The first-order valence-corrected chi connectivity index (χ1v) is 6.59. The number of aromatic nitrogens is 1. The van der Waals surface area contributed by atoms with Crippen LogP contribution in [0.4, 0.5) is 4.79 Å². The lowest BCUT2D eigenvalue weighted by molar-refractivity contribution is -0.144. The van der Waals surface area contributed by atoms with Crippen LogP contribution in [-0.2, 0) is 16.1 Å². The molecule has 0 saturated carbocycles. The lowest BCUT2D eigenvalue weighted by atomic mass is 9.99. The number of nitrogens with one attached hydrogen (secondary N) is 2. The Bertz CT molecular complexity index is 437. The highest BCUT2D eigenvalue weighted by molar-refractivity contribution is 5.83. The van der Waals surface area contributed by atoms with Gasteiger partial charge in [0.2, 0.25) is 0 Å². The fourth-order valence-corrected chi connectivity index (χ4v) is 1.67. The molecule has 6 nitrogen and oxygen atoms in total. The second-order valence-corrected chi connectivity index (χ2v) is 4.57. The van der Waals surface area contributed by atoms with Crippen LogP contribution in [0.5, 0.6) is 0 Å². The molecule has 2 N–H and O–H groups in total. The predicted octanol–water partition coefficient (Wildman–Crippen LogP) is 1.47. The van der Waals surface area contributed by atoms with E-state index in [4.69, 9.17) is 4.74 Å². The Morgan fingerprint density at radius 2 is 2.20 bits per heavy atom. The summed E-state index contributed by atoms with van der Waals surface area (Å²) < 4.78 is 4.71. The van der Waals surface area contributed by atoms with E-state index in [0.717, 1.165) is 12.0 Å². The Balaban J connectivity index is 2.51. The molecule has 1 aromatic rings. The van der Waals surface area contributed by atoms with Gasteiger partial charge in [0.1, 0.15) is 6.04 Å². The Morgan fingerprint density at radius 3 is 2.75 bits per heavy atom. The standard InChI is InChI=1S/C14H21N3O3/c1-4-10(2)12(13(18)20-3)17-14(19)16-9-11-6-5-7-15-8-11/h5-8,10,12H,4,9H2,1-3H3,(H2,16,17,19)/t10-,12-/m0/s1. The van der Waals surface area contributed by atoms with Crippen LogP contribution >= 0.6 is 0 Å². The predicted molar refractivity (Wildman–Crippen MR) is 74.9 cm³/mol. The zero-order valence-electron chi connectivity index (χ0n) is 12.1. The van der Waals surface area contributed by atoms with E-state index in [-0.39, 0.29) is 5.92 Å². The third kappa shape index (κ3) is 4.87. The fraction of sp³-hybridized carbons (Fsp3) is 0.500. The minimum absolute atomic E-state index is 0.00610. The Labute approximate surface area is 118 Å². The van der Waals surface area contributed by atoms with Gasteiger partial charge in [-0.05, 0) is 17.5 Å². The van der Waals surface area contributed by atoms with Gasteiger partial charge in [-0.2, -0.15) is 0 Å². The second kappa shape index (κ2) is 8.14. The number of pyridine rings is 1. The van der Waals surface area contributed by atoms with Crippen molar-refractivity contribution in [3.05, 3.63) is 30.1 Å². The number of carbonyl (C=O) groups is 2. The van der Waals surface area contributed by atoms with E-state index in [2.05, 4.69) is 15.6 Å². The number of hydrogen-bond donors (Lipinski definition) is 2. The zero-order valence-corrected chi connectivity index (χ0v) is 12.1. The first-order chi connectivity index (χ1) is 9.58. The van der Waals surface area contributed by atoms with E-state index >= 15 is 0 Å². The normalized spacial score (nSPS) is 13.2. The molecule has 1 heterocycles. The summed E-state index contributed by atoms with van der Waals surface area (Å²) in [7, 11) is 1.31. The van der Waals surface area contributed by atoms with Crippen molar-refractivity contribution in [2.45, 2.75) is 32.9 Å². The molecule has 0 bridgehead atoms. The molecule has 0 spiro atoms. The molecule has 0 aliphatic carbocycles. The first kappa shape index (κ1) is 15.9. The maximum atomic E-state index is 11.8. The van der Waals surface area contributed by atoms with Crippen LogP contribution in [0.2, 0.25) is 0 Å². The number of nitrogens with zero attached hydrogens (tertiary/aromatic N) is 1. The van der Waals surface area contributed by atoms with E-state index in [9.17, 15) is 9.59 Å². The molecule has 2 atom stereocenters. The number of urea groups is 1. The van der Waals surface area contributed by atoms with Gasteiger partial charge in [0.15, 0.2) is 0 Å². The summed E-state index contributed by atoms with van der Waals surface area (Å²) in [5, 5.41) is 5.33. The van der Waals surface area contributed by atoms with Crippen LogP contribution in [-0.4, -0.2) is 30.1 Å². The Hall–Kier alpha value is -2.11. The molecule has 0 aliphatic rings. The average molecular weight is 279 g/mol. The van der Waals surface area contributed by atoms with Crippen LogP contribution < -0.4 is 10.6 Å². The topological polar surface area (TPSA) is 80.3 Å². The Morgan fingerprint density at radius 1 is 1.45 bits per heavy atom. The minimum Gasteiger partial charge on any atom is -0.467 e. The number of carbonyl (C=O) groups excluding carboxylic acids is 2. The van der Waals surface area contributed by atoms with Gasteiger partial charge in [-0.25, -0.2) is 9.59 Å². The van der Waals surface area contributed by atoms with Crippen LogP contribution in [0.3, 0.4) is 0 Å². The molecule has 1 rings (SSSR count). The van der Waals surface area contributed by atoms with Crippen molar-refractivity contribution in [2.24, 2.45) is 5.92 Å². The van der Waals surface area contributed by atoms with Crippen LogP contribution in [0, 0.1) is 5.92 Å². The number of ether oxygens (including phenoxy) is 1. The minimum atomic E-state index is -0.640. The molecule has 1 aromatic heterocycles. The van der Waals surface area contributed by atoms with Gasteiger partial charge < -0.3 is 15.4 Å². The van der Waals surface area contributed by atoms with Crippen LogP contribution in [0.25, 0.3) is 0 Å². The highest BCUT2D eigenvalue weighted by atomic mass is 16.5. The van der Waals surface area contributed by atoms with E-state index in [1.807, 2.05) is 19.9 Å². The highest BCUT2D eigenvalue weighted by Gasteiger charge is 2.26. The molecule has 2 amide bonds. The largest absolute Gasteiger partial charge is 0.467 e. The van der Waals surface area contributed by atoms with Gasteiger partial charge in [0, 0.05) is 18.9 Å². The molecule has 0 saturated heterocycles. The molecule has 20 heavy (non-hydrogen) atoms. The number of rotatable bonds is 6. The van der Waals surface area contributed by atoms with Crippen molar-refractivity contribution in [3.63, 3.8) is 0 Å². The monoisotopic (exact) mass is 279 g/mol. The SMILES string of the molecule is CC[C@H](C)[C@H](NC(=O)NCc1cccnc1)C(=O)OC. The maximum Gasteiger partial charge on any atom is 0.328 e. The van der Waals surface area contributed by atoms with Crippen molar-refractivity contribution in [1.29, 1.82) is 0 Å². The summed E-state index contributed by atoms with van der Waals surface area (Å²) in [6, 6.07) is 2.62. The van der Waals surface area contributed by atoms with Crippen molar-refractivity contribution >= 4 is 12.0 Å². The zero-order chi connectivity index (χ0) is 15.0. The molecule has 0 radical (unpaired) electrons. The van der Waals surface area contributed by atoms with Gasteiger partial charge >= 0.3 is 12.0 Å². The maximum absolute atomic E-state index is 11.8. The van der Waals surface area contributed by atoms with Crippen LogP contribution in [0.15, 0.2) is 24.5 Å². The fourth-order valence-electron chi connectivity index (χ4n) is 1.67. The molecule has 110 valence electrons. The van der Waals surface area contributed by atoms with E-state index < -0.39 is 18.0 Å². The number of amides is 2. The molecular weight excluding hydrogens is 258 g/mol. The quantitative estimate of drug-likeness (QED) is 0.773. The van der Waals surface area contributed by atoms with Crippen molar-refractivity contribution in [1.82, 2.24) is 15.6 Å². The summed E-state index contributed by atoms with van der Waals surface area (Å²) in [4.78, 5) is 27.4. The summed E-state index contributed by atoms with van der Waals surface area (Å²) in [5.41, 5.74) is 0.890. The van der Waals surface area contributed by atoms with Gasteiger partial charge in [-0.15, -0.1) is 0 Å². The Kier molecular flexibility index (Phi) is 6.49. The summed E-state index contributed by atoms with van der Waals surface area (Å²) in [5.74, 6) is -0.428. The summed E-state index contributed by atoms with van der Waals surface area (Å²) >= 11 is 0. The summed E-state index contributed by atoms with van der Waals surface area (Å²) in [6.07, 6.45) is 4.11. The molecule has 0 aromatic carbocycles. The van der Waals surface area contributed by atoms with E-state index in [0.29, 0.717) is 6.54 Å². The number of methoxy groups -OCH3 is 1. The lowest BCUT2D eigenvalue weighted by Gasteiger charge is -2.21. The number of hydrogen-bond acceptors (Lipinski definition) is 4. The van der Waals surface area contributed by atoms with Crippen LogP contribution in [0.1, 0.15) is 25.8 Å². The smallest absolute Gasteiger partial charge is 0.328 e. The van der Waals surface area contributed by atoms with Gasteiger partial charge in [-0.1, -0.05) is 26.3 Å². The molecule has 0 fully saturated rings. The molecule has 6 heteroatoms. The second-order valence-electron chi connectivity index (χ2n) is 4.57. The van der Waals surface area contributed by atoms with Gasteiger partial charge in [0.25, 0.3) is 0 Å². The average Bonchev–Trinajstić information content (AvgIpc) is 2.50. The van der Waals surface area contributed by atoms with Crippen molar-refractivity contribution in [3.8, 4) is 0 Å². The van der Waals surface area contributed by atoms with E-state index in [1.165, 1.54) is 7.11 Å². The van der Waals surface area contributed by atoms with Crippen molar-refractivity contribution in [2.75, 3.05) is 7.11 Å². The lowest BCUT2D eigenvalue weighted by Crippen LogP contribution is -2.49. The molecular formula is C14H21N3O3. The van der Waals surface area contributed by atoms with E-state index in [1.54, 1.807) is 18.5 Å². The van der Waals surface area contributed by atoms with Crippen molar-refractivity contribution < 1.29 is 14.3 Å². The third-order valence-corrected chi connectivity index (χ3v) is 3.13.